The fraction of sp³-hybridized carbons (Fsp3) is 0.438. The summed E-state index contributed by atoms with van der Waals surface area (Å²) in [6.45, 7) is 8.80. The maximum absolute atomic E-state index is 6.22. The Bertz CT molecular complexity index is 617. The summed E-state index contributed by atoms with van der Waals surface area (Å²) < 4.78 is 5.76. The maximum Gasteiger partial charge on any atom is 0.140 e. The highest BCUT2D eigenvalue weighted by molar-refractivity contribution is 7.09. The summed E-state index contributed by atoms with van der Waals surface area (Å²) in [6.07, 6.45) is 0. The molecule has 0 saturated carbocycles. The number of hydrogen-bond donors (Lipinski definition) is 1. The third-order valence-corrected chi connectivity index (χ3v) is 4.27. The Hall–Kier alpha value is -1.10. The number of ether oxygens (including phenoxy) is 1. The number of nitrogens with zero attached hydrogens (tertiary/aromatic N) is 1. The van der Waals surface area contributed by atoms with E-state index in [-0.39, 0.29) is 11.5 Å². The molecule has 0 bridgehead atoms. The van der Waals surface area contributed by atoms with Crippen molar-refractivity contribution in [1.29, 1.82) is 0 Å². The van der Waals surface area contributed by atoms with Crippen molar-refractivity contribution in [3.8, 4) is 5.75 Å². The molecule has 0 amide bonds. The molecule has 5 heteroatoms. The van der Waals surface area contributed by atoms with Crippen LogP contribution in [0.15, 0.2) is 23.6 Å². The second-order valence-corrected chi connectivity index (χ2v) is 7.49. The lowest BCUT2D eigenvalue weighted by Gasteiger charge is -2.14. The van der Waals surface area contributed by atoms with E-state index in [1.165, 1.54) is 0 Å². The van der Waals surface area contributed by atoms with Gasteiger partial charge in [0.1, 0.15) is 17.4 Å². The molecule has 0 aliphatic carbocycles. The van der Waals surface area contributed by atoms with Crippen molar-refractivity contribution >= 4 is 22.9 Å². The molecule has 114 valence electrons. The van der Waals surface area contributed by atoms with Crippen molar-refractivity contribution < 1.29 is 4.74 Å². The van der Waals surface area contributed by atoms with Crippen LogP contribution in [-0.2, 0) is 12.0 Å². The molecule has 1 atom stereocenters. The third kappa shape index (κ3) is 4.19. The highest BCUT2D eigenvalue weighted by atomic mass is 35.5. The zero-order chi connectivity index (χ0) is 15.6. The van der Waals surface area contributed by atoms with Gasteiger partial charge in [0.05, 0.1) is 10.7 Å². The van der Waals surface area contributed by atoms with Crippen molar-refractivity contribution in [2.75, 3.05) is 0 Å². The zero-order valence-corrected chi connectivity index (χ0v) is 14.4. The van der Waals surface area contributed by atoms with E-state index >= 15 is 0 Å². The monoisotopic (exact) mass is 324 g/mol. The largest absolute Gasteiger partial charge is 0.485 e. The molecular weight excluding hydrogens is 304 g/mol. The normalized spacial score (nSPS) is 13.2. The SMILES string of the molecule is CC(N)c1ccc(OCc2nc(C(C)(C)C)cs2)c(Cl)c1. The molecule has 0 fully saturated rings. The number of rotatable bonds is 4. The third-order valence-electron chi connectivity index (χ3n) is 3.15. The topological polar surface area (TPSA) is 48.1 Å². The molecule has 1 aromatic carbocycles. The number of nitrogens with two attached hydrogens (primary N) is 1. The predicted molar refractivity (Wildman–Crippen MR) is 89.2 cm³/mol. The van der Waals surface area contributed by atoms with Crippen LogP contribution in [-0.4, -0.2) is 4.98 Å². The molecule has 1 aromatic heterocycles. The van der Waals surface area contributed by atoms with Gasteiger partial charge in [-0.15, -0.1) is 11.3 Å². The summed E-state index contributed by atoms with van der Waals surface area (Å²) in [7, 11) is 0. The van der Waals surface area contributed by atoms with Gasteiger partial charge in [-0.3, -0.25) is 0 Å². The molecule has 3 nitrogen and oxygen atoms in total. The highest BCUT2D eigenvalue weighted by Crippen LogP contribution is 2.29. The highest BCUT2D eigenvalue weighted by Gasteiger charge is 2.17. The molecule has 0 saturated heterocycles. The molecule has 0 aliphatic heterocycles. The van der Waals surface area contributed by atoms with Gasteiger partial charge in [0.2, 0.25) is 0 Å². The van der Waals surface area contributed by atoms with Crippen molar-refractivity contribution in [3.05, 3.63) is 44.9 Å². The van der Waals surface area contributed by atoms with Gasteiger partial charge in [0, 0.05) is 16.8 Å². The van der Waals surface area contributed by atoms with E-state index in [1.807, 2.05) is 25.1 Å². The van der Waals surface area contributed by atoms with Crippen LogP contribution in [0, 0.1) is 0 Å². The second-order valence-electron chi connectivity index (χ2n) is 6.14. The molecule has 2 N–H and O–H groups in total. The Balaban J connectivity index is 2.05. The standard InChI is InChI=1S/C16H21ClN2OS/c1-10(18)11-5-6-13(12(17)7-11)20-8-15-19-14(9-21-15)16(2,3)4/h5-7,9-10H,8,18H2,1-4H3. The van der Waals surface area contributed by atoms with Crippen LogP contribution in [0.2, 0.25) is 5.02 Å². The van der Waals surface area contributed by atoms with Gasteiger partial charge in [-0.25, -0.2) is 4.98 Å². The minimum Gasteiger partial charge on any atom is -0.485 e. The number of halogens is 1. The maximum atomic E-state index is 6.22. The minimum absolute atomic E-state index is 0.0372. The van der Waals surface area contributed by atoms with Crippen molar-refractivity contribution in [2.45, 2.75) is 45.8 Å². The molecule has 0 spiro atoms. The molecule has 2 aromatic rings. The fourth-order valence-corrected chi connectivity index (χ4v) is 2.95. The summed E-state index contributed by atoms with van der Waals surface area (Å²) >= 11 is 7.83. The lowest BCUT2D eigenvalue weighted by Crippen LogP contribution is -2.11. The minimum atomic E-state index is -0.0372. The van der Waals surface area contributed by atoms with Crippen LogP contribution < -0.4 is 10.5 Å². The van der Waals surface area contributed by atoms with E-state index in [9.17, 15) is 0 Å². The smallest absolute Gasteiger partial charge is 0.140 e. The molecule has 1 unspecified atom stereocenters. The first-order valence-corrected chi connectivity index (χ1v) is 8.16. The van der Waals surface area contributed by atoms with Gasteiger partial charge in [-0.2, -0.15) is 0 Å². The summed E-state index contributed by atoms with van der Waals surface area (Å²) in [5.41, 5.74) is 7.98. The zero-order valence-electron chi connectivity index (χ0n) is 12.8. The Morgan fingerprint density at radius 1 is 1.38 bits per heavy atom. The van der Waals surface area contributed by atoms with Crippen LogP contribution in [0.1, 0.15) is 50.0 Å². The van der Waals surface area contributed by atoms with E-state index < -0.39 is 0 Å². The van der Waals surface area contributed by atoms with Gasteiger partial charge in [-0.1, -0.05) is 38.4 Å². The van der Waals surface area contributed by atoms with E-state index in [0.717, 1.165) is 16.3 Å². The number of hydrogen-bond acceptors (Lipinski definition) is 4. The van der Waals surface area contributed by atoms with Gasteiger partial charge in [0.15, 0.2) is 0 Å². The molecule has 1 heterocycles. The fourth-order valence-electron chi connectivity index (χ4n) is 1.78. The molecule has 21 heavy (non-hydrogen) atoms. The first-order valence-electron chi connectivity index (χ1n) is 6.90. The van der Waals surface area contributed by atoms with Crippen LogP contribution in [0.25, 0.3) is 0 Å². The van der Waals surface area contributed by atoms with E-state index in [2.05, 4.69) is 31.1 Å². The number of aromatic nitrogens is 1. The molecule has 0 aliphatic rings. The summed E-state index contributed by atoms with van der Waals surface area (Å²) in [5.74, 6) is 0.661. The van der Waals surface area contributed by atoms with Gasteiger partial charge in [-0.05, 0) is 24.6 Å². The average Bonchev–Trinajstić information content (AvgIpc) is 2.85. The second kappa shape index (κ2) is 6.34. The molecule has 2 rings (SSSR count). The van der Waals surface area contributed by atoms with Crippen LogP contribution in [0.4, 0.5) is 0 Å². The van der Waals surface area contributed by atoms with Crippen molar-refractivity contribution in [2.24, 2.45) is 5.73 Å². The van der Waals surface area contributed by atoms with Crippen molar-refractivity contribution in [1.82, 2.24) is 4.98 Å². The quantitative estimate of drug-likeness (QED) is 0.887. The first kappa shape index (κ1) is 16.3. The summed E-state index contributed by atoms with van der Waals surface area (Å²) in [6, 6.07) is 5.61. The van der Waals surface area contributed by atoms with Gasteiger partial charge in [0.25, 0.3) is 0 Å². The number of benzene rings is 1. The van der Waals surface area contributed by atoms with Crippen LogP contribution in [0.5, 0.6) is 5.75 Å². The van der Waals surface area contributed by atoms with Gasteiger partial charge >= 0.3 is 0 Å². The predicted octanol–water partition coefficient (Wildman–Crippen LogP) is 4.69. The van der Waals surface area contributed by atoms with Crippen LogP contribution in [0.3, 0.4) is 0 Å². The van der Waals surface area contributed by atoms with Crippen LogP contribution >= 0.6 is 22.9 Å². The van der Waals surface area contributed by atoms with E-state index in [4.69, 9.17) is 22.1 Å². The molecule has 0 radical (unpaired) electrons. The molecular formula is C16H21ClN2OS. The number of thiazole rings is 1. The Morgan fingerprint density at radius 2 is 2.10 bits per heavy atom. The first-order chi connectivity index (χ1) is 9.77. The van der Waals surface area contributed by atoms with Gasteiger partial charge < -0.3 is 10.5 Å². The average molecular weight is 325 g/mol. The summed E-state index contributed by atoms with van der Waals surface area (Å²) in [4.78, 5) is 4.60. The Morgan fingerprint density at radius 3 is 2.62 bits per heavy atom. The Labute approximate surface area is 135 Å². The Kier molecular flexibility index (Phi) is 4.91. The van der Waals surface area contributed by atoms with E-state index in [1.54, 1.807) is 11.3 Å². The van der Waals surface area contributed by atoms with Crippen molar-refractivity contribution in [3.63, 3.8) is 0 Å². The lowest BCUT2D eigenvalue weighted by atomic mass is 9.93. The van der Waals surface area contributed by atoms with E-state index in [0.29, 0.717) is 17.4 Å². The summed E-state index contributed by atoms with van der Waals surface area (Å²) in [5, 5.41) is 3.61. The lowest BCUT2D eigenvalue weighted by molar-refractivity contribution is 0.305.